The van der Waals surface area contributed by atoms with Crippen LogP contribution in [0.3, 0.4) is 0 Å². The van der Waals surface area contributed by atoms with Gasteiger partial charge in [-0.05, 0) is 25.7 Å². The van der Waals surface area contributed by atoms with E-state index in [2.05, 4.69) is 0 Å². The molecule has 6 heteroatoms. The van der Waals surface area contributed by atoms with Gasteiger partial charge in [-0.2, -0.15) is 0 Å². The zero-order valence-corrected chi connectivity index (χ0v) is 13.1. The maximum Gasteiger partial charge on any atom is 0.320 e. The zero-order valence-electron chi connectivity index (χ0n) is 13.1. The molecule has 0 aliphatic carbocycles. The van der Waals surface area contributed by atoms with Crippen LogP contribution in [0, 0.1) is 5.41 Å². The first kappa shape index (κ1) is 16.5. The number of hydrogen-bond donors (Lipinski definition) is 1. The summed E-state index contributed by atoms with van der Waals surface area (Å²) in [6.07, 6.45) is 3.78. The second-order valence-corrected chi connectivity index (χ2v) is 6.16. The van der Waals surface area contributed by atoms with Crippen LogP contribution in [-0.2, 0) is 9.47 Å². The average molecular weight is 300 g/mol. The van der Waals surface area contributed by atoms with Crippen molar-refractivity contribution in [2.45, 2.75) is 25.7 Å². The van der Waals surface area contributed by atoms with Crippen molar-refractivity contribution in [1.82, 2.24) is 9.80 Å². The summed E-state index contributed by atoms with van der Waals surface area (Å²) < 4.78 is 10.4. The van der Waals surface area contributed by atoms with Gasteiger partial charge in [-0.1, -0.05) is 0 Å². The van der Waals surface area contributed by atoms with Gasteiger partial charge in [-0.15, -0.1) is 0 Å². The SMILES string of the molecule is COCCCC1(CO)CCCN(C(=O)N2CCOCC2)C1. The van der Waals surface area contributed by atoms with Crippen molar-refractivity contribution in [3.63, 3.8) is 0 Å². The predicted molar refractivity (Wildman–Crippen MR) is 79.2 cm³/mol. The molecule has 2 amide bonds. The molecule has 6 nitrogen and oxygen atoms in total. The first-order valence-electron chi connectivity index (χ1n) is 7.92. The van der Waals surface area contributed by atoms with Gasteiger partial charge in [0.1, 0.15) is 0 Å². The third-order valence-corrected chi connectivity index (χ3v) is 4.60. The Hall–Kier alpha value is -0.850. The highest BCUT2D eigenvalue weighted by atomic mass is 16.5. The van der Waals surface area contributed by atoms with Crippen LogP contribution < -0.4 is 0 Å². The van der Waals surface area contributed by atoms with E-state index in [4.69, 9.17) is 9.47 Å². The Kier molecular flexibility index (Phi) is 6.26. The number of nitrogens with zero attached hydrogens (tertiary/aromatic N) is 2. The predicted octanol–water partition coefficient (Wildman–Crippen LogP) is 0.940. The molecule has 0 aromatic carbocycles. The van der Waals surface area contributed by atoms with E-state index < -0.39 is 0 Å². The smallest absolute Gasteiger partial charge is 0.320 e. The van der Waals surface area contributed by atoms with Crippen LogP contribution >= 0.6 is 0 Å². The Morgan fingerprint density at radius 1 is 1.29 bits per heavy atom. The fourth-order valence-corrected chi connectivity index (χ4v) is 3.33. The molecule has 2 heterocycles. The number of aliphatic hydroxyl groups excluding tert-OH is 1. The van der Waals surface area contributed by atoms with Crippen LogP contribution in [0.5, 0.6) is 0 Å². The Balaban J connectivity index is 1.92. The fourth-order valence-electron chi connectivity index (χ4n) is 3.33. The van der Waals surface area contributed by atoms with Gasteiger partial charge < -0.3 is 24.4 Å². The van der Waals surface area contributed by atoms with Crippen LogP contribution in [-0.4, -0.2) is 80.7 Å². The lowest BCUT2D eigenvalue weighted by molar-refractivity contribution is 0.0101. The summed E-state index contributed by atoms with van der Waals surface area (Å²) in [6, 6.07) is 0.0996. The molecule has 2 rings (SSSR count). The molecule has 0 radical (unpaired) electrons. The number of carbonyl (C=O) groups excluding carboxylic acids is 1. The lowest BCUT2D eigenvalue weighted by Gasteiger charge is -2.44. The van der Waals surface area contributed by atoms with E-state index in [0.29, 0.717) is 39.5 Å². The minimum atomic E-state index is -0.154. The summed E-state index contributed by atoms with van der Waals surface area (Å²) >= 11 is 0. The first-order chi connectivity index (χ1) is 10.2. The summed E-state index contributed by atoms with van der Waals surface area (Å²) in [5.74, 6) is 0. The van der Waals surface area contributed by atoms with Crippen LogP contribution in [0.1, 0.15) is 25.7 Å². The van der Waals surface area contributed by atoms with E-state index in [1.807, 2.05) is 9.80 Å². The molecule has 0 aromatic rings. The standard InChI is InChI=1S/C15H28N2O4/c1-20-9-3-5-15(13-18)4-2-6-17(12-15)14(19)16-7-10-21-11-8-16/h18H,2-13H2,1H3. The number of methoxy groups -OCH3 is 1. The van der Waals surface area contributed by atoms with Gasteiger partial charge in [0, 0.05) is 45.3 Å². The molecule has 1 unspecified atom stereocenters. The molecule has 2 aliphatic rings. The van der Waals surface area contributed by atoms with Crippen molar-refractivity contribution >= 4 is 6.03 Å². The number of carbonyl (C=O) groups is 1. The lowest BCUT2D eigenvalue weighted by atomic mass is 9.77. The number of likely N-dealkylation sites (tertiary alicyclic amines) is 1. The Morgan fingerprint density at radius 3 is 2.71 bits per heavy atom. The maximum atomic E-state index is 12.6. The highest BCUT2D eigenvalue weighted by Crippen LogP contribution is 2.34. The maximum absolute atomic E-state index is 12.6. The molecular formula is C15H28N2O4. The molecule has 1 N–H and O–H groups in total. The Labute approximate surface area is 127 Å². The Bertz CT molecular complexity index is 334. The number of urea groups is 1. The van der Waals surface area contributed by atoms with Gasteiger partial charge >= 0.3 is 6.03 Å². The highest BCUT2D eigenvalue weighted by molar-refractivity contribution is 5.74. The van der Waals surface area contributed by atoms with E-state index >= 15 is 0 Å². The molecule has 2 aliphatic heterocycles. The van der Waals surface area contributed by atoms with Gasteiger partial charge in [0.2, 0.25) is 0 Å². The van der Waals surface area contributed by atoms with Crippen molar-refractivity contribution in [2.75, 3.05) is 59.7 Å². The summed E-state index contributed by atoms with van der Waals surface area (Å²) in [6.45, 7) is 4.89. The molecule has 2 saturated heterocycles. The van der Waals surface area contributed by atoms with Crippen LogP contribution in [0.2, 0.25) is 0 Å². The molecule has 1 atom stereocenters. The third-order valence-electron chi connectivity index (χ3n) is 4.60. The number of hydrogen-bond acceptors (Lipinski definition) is 4. The van der Waals surface area contributed by atoms with E-state index in [1.54, 1.807) is 7.11 Å². The van der Waals surface area contributed by atoms with Crippen molar-refractivity contribution in [3.05, 3.63) is 0 Å². The largest absolute Gasteiger partial charge is 0.396 e. The van der Waals surface area contributed by atoms with Gasteiger partial charge in [-0.25, -0.2) is 4.79 Å². The topological polar surface area (TPSA) is 62.2 Å². The third kappa shape index (κ3) is 4.31. The van der Waals surface area contributed by atoms with Crippen molar-refractivity contribution in [1.29, 1.82) is 0 Å². The minimum Gasteiger partial charge on any atom is -0.396 e. The highest BCUT2D eigenvalue weighted by Gasteiger charge is 2.37. The normalized spacial score (nSPS) is 27.0. The molecule has 0 aromatic heterocycles. The second kappa shape index (κ2) is 7.96. The van der Waals surface area contributed by atoms with Crippen molar-refractivity contribution < 1.29 is 19.4 Å². The molecule has 122 valence electrons. The number of piperidine rings is 1. The van der Waals surface area contributed by atoms with Crippen LogP contribution in [0.15, 0.2) is 0 Å². The van der Waals surface area contributed by atoms with Crippen molar-refractivity contribution in [2.24, 2.45) is 5.41 Å². The number of amides is 2. The van der Waals surface area contributed by atoms with Crippen LogP contribution in [0.25, 0.3) is 0 Å². The second-order valence-electron chi connectivity index (χ2n) is 6.16. The monoisotopic (exact) mass is 300 g/mol. The van der Waals surface area contributed by atoms with E-state index in [-0.39, 0.29) is 18.1 Å². The summed E-state index contributed by atoms with van der Waals surface area (Å²) in [5, 5.41) is 9.84. The molecule has 0 saturated carbocycles. The zero-order chi connectivity index (χ0) is 15.1. The Morgan fingerprint density at radius 2 is 2.05 bits per heavy atom. The van der Waals surface area contributed by atoms with Crippen LogP contribution in [0.4, 0.5) is 4.79 Å². The number of ether oxygens (including phenoxy) is 2. The molecule has 0 spiro atoms. The quantitative estimate of drug-likeness (QED) is 0.768. The fraction of sp³-hybridized carbons (Fsp3) is 0.933. The van der Waals surface area contributed by atoms with Crippen molar-refractivity contribution in [3.8, 4) is 0 Å². The molecule has 2 fully saturated rings. The molecular weight excluding hydrogens is 272 g/mol. The summed E-state index contributed by atoms with van der Waals surface area (Å²) in [5.41, 5.74) is -0.154. The molecule has 21 heavy (non-hydrogen) atoms. The first-order valence-corrected chi connectivity index (χ1v) is 7.92. The summed E-state index contributed by atoms with van der Waals surface area (Å²) in [7, 11) is 1.70. The van der Waals surface area contributed by atoms with E-state index in [1.165, 1.54) is 0 Å². The van der Waals surface area contributed by atoms with Gasteiger partial charge in [0.15, 0.2) is 0 Å². The lowest BCUT2D eigenvalue weighted by Crippen LogP contribution is -2.54. The summed E-state index contributed by atoms with van der Waals surface area (Å²) in [4.78, 5) is 16.4. The van der Waals surface area contributed by atoms with Gasteiger partial charge in [0.25, 0.3) is 0 Å². The van der Waals surface area contributed by atoms with Gasteiger partial charge in [0.05, 0.1) is 19.8 Å². The average Bonchev–Trinajstić information content (AvgIpc) is 2.55. The van der Waals surface area contributed by atoms with Gasteiger partial charge in [-0.3, -0.25) is 0 Å². The molecule has 0 bridgehead atoms. The number of rotatable bonds is 5. The minimum absolute atomic E-state index is 0.0996. The number of aliphatic hydroxyl groups is 1. The van der Waals surface area contributed by atoms with E-state index in [0.717, 1.165) is 32.2 Å². The van der Waals surface area contributed by atoms with E-state index in [9.17, 15) is 9.90 Å². The number of morpholine rings is 1.